The minimum atomic E-state index is -1.17. The number of nitro groups is 1. The lowest BCUT2D eigenvalue weighted by Gasteiger charge is -1.99. The third-order valence-electron chi connectivity index (χ3n) is 2.24. The van der Waals surface area contributed by atoms with Crippen molar-refractivity contribution in [2.75, 3.05) is 0 Å². The van der Waals surface area contributed by atoms with Crippen LogP contribution in [-0.4, -0.2) is 26.2 Å². The summed E-state index contributed by atoms with van der Waals surface area (Å²) in [7, 11) is 0. The molecular weight excluding hydrogens is 306 g/mol. The quantitative estimate of drug-likeness (QED) is 0.668. The molecule has 0 aliphatic rings. The Balaban J connectivity index is 2.55. The van der Waals surface area contributed by atoms with E-state index in [1.54, 1.807) is 6.07 Å². The molecule has 1 heterocycles. The average molecular weight is 312 g/mol. The molecule has 0 spiro atoms. The first kappa shape index (κ1) is 12.2. The Bertz CT molecular complexity index is 638. The molecule has 0 radical (unpaired) electrons. The number of hydrogen-bond acceptors (Lipinski definition) is 4. The predicted octanol–water partition coefficient (Wildman–Crippen LogP) is 2.45. The summed E-state index contributed by atoms with van der Waals surface area (Å²) in [6.07, 6.45) is 0. The summed E-state index contributed by atoms with van der Waals surface area (Å²) in [5, 5.41) is 25.7. The molecule has 0 aliphatic carbocycles. The van der Waals surface area contributed by atoms with Crippen LogP contribution in [0.4, 0.5) is 5.69 Å². The smallest absolute Gasteiger partial charge is 0.353 e. The lowest BCUT2D eigenvalue weighted by atomic mass is 10.1. The van der Waals surface area contributed by atoms with E-state index in [2.05, 4.69) is 26.1 Å². The van der Waals surface area contributed by atoms with Gasteiger partial charge in [-0.15, -0.1) is 0 Å². The Morgan fingerprint density at radius 3 is 2.72 bits per heavy atom. The van der Waals surface area contributed by atoms with Crippen LogP contribution in [0, 0.1) is 10.1 Å². The normalized spacial score (nSPS) is 10.3. The van der Waals surface area contributed by atoms with Crippen LogP contribution in [0.15, 0.2) is 28.7 Å². The zero-order valence-electron chi connectivity index (χ0n) is 8.75. The van der Waals surface area contributed by atoms with Crippen molar-refractivity contribution in [2.45, 2.75) is 0 Å². The highest BCUT2D eigenvalue weighted by molar-refractivity contribution is 9.10. The van der Waals surface area contributed by atoms with Crippen molar-refractivity contribution < 1.29 is 14.8 Å². The number of aromatic carboxylic acids is 1. The van der Waals surface area contributed by atoms with Crippen LogP contribution in [0.2, 0.25) is 0 Å². The highest BCUT2D eigenvalue weighted by atomic mass is 79.9. The molecule has 0 unspecified atom stereocenters. The Morgan fingerprint density at radius 2 is 2.17 bits per heavy atom. The molecule has 18 heavy (non-hydrogen) atoms. The van der Waals surface area contributed by atoms with E-state index in [9.17, 15) is 14.9 Å². The number of aromatic amines is 1. The second-order valence-electron chi connectivity index (χ2n) is 3.39. The summed E-state index contributed by atoms with van der Waals surface area (Å²) in [5.41, 5.74) is 0.202. The van der Waals surface area contributed by atoms with Crippen molar-refractivity contribution in [2.24, 2.45) is 0 Å². The standard InChI is InChI=1S/C10H6BrN3O4/c11-5-1-2-6(9(3-5)14(17)18)7-4-8(10(15)16)13-12-7/h1-4H,(H,12,13)(H,15,16). The van der Waals surface area contributed by atoms with Crippen molar-refractivity contribution in [1.82, 2.24) is 10.2 Å². The van der Waals surface area contributed by atoms with Gasteiger partial charge in [-0.25, -0.2) is 4.79 Å². The lowest BCUT2D eigenvalue weighted by molar-refractivity contribution is -0.384. The number of nitrogens with one attached hydrogen (secondary N) is 1. The summed E-state index contributed by atoms with van der Waals surface area (Å²) < 4.78 is 0.562. The van der Waals surface area contributed by atoms with Gasteiger partial charge in [-0.2, -0.15) is 5.10 Å². The van der Waals surface area contributed by atoms with Crippen LogP contribution in [0.25, 0.3) is 11.3 Å². The Kier molecular flexibility index (Phi) is 3.11. The van der Waals surface area contributed by atoms with Crippen molar-refractivity contribution in [3.63, 3.8) is 0 Å². The van der Waals surface area contributed by atoms with Gasteiger partial charge in [-0.05, 0) is 18.2 Å². The van der Waals surface area contributed by atoms with Crippen LogP contribution in [0.1, 0.15) is 10.5 Å². The molecule has 0 atom stereocenters. The van der Waals surface area contributed by atoms with E-state index in [0.717, 1.165) is 0 Å². The van der Waals surface area contributed by atoms with Gasteiger partial charge in [0.05, 0.1) is 16.2 Å². The van der Waals surface area contributed by atoms with Crippen LogP contribution in [0.3, 0.4) is 0 Å². The summed E-state index contributed by atoms with van der Waals surface area (Å²) in [5.74, 6) is -1.17. The molecular formula is C10H6BrN3O4. The highest BCUT2D eigenvalue weighted by Crippen LogP contribution is 2.31. The number of carboxylic acids is 1. The number of aromatic nitrogens is 2. The van der Waals surface area contributed by atoms with Crippen LogP contribution in [0.5, 0.6) is 0 Å². The van der Waals surface area contributed by atoms with E-state index in [4.69, 9.17) is 5.11 Å². The summed E-state index contributed by atoms with van der Waals surface area (Å²) in [6, 6.07) is 5.71. The number of carbonyl (C=O) groups is 1. The minimum absolute atomic E-state index is 0.123. The van der Waals surface area contributed by atoms with Gasteiger partial charge in [0, 0.05) is 10.5 Å². The lowest BCUT2D eigenvalue weighted by Crippen LogP contribution is -1.95. The van der Waals surface area contributed by atoms with Gasteiger partial charge in [-0.3, -0.25) is 15.2 Å². The van der Waals surface area contributed by atoms with Crippen molar-refractivity contribution >= 4 is 27.6 Å². The second-order valence-corrected chi connectivity index (χ2v) is 4.31. The van der Waals surface area contributed by atoms with Crippen molar-refractivity contribution in [1.29, 1.82) is 0 Å². The van der Waals surface area contributed by atoms with Crippen molar-refractivity contribution in [3.8, 4) is 11.3 Å². The molecule has 8 heteroatoms. The Morgan fingerprint density at radius 1 is 1.44 bits per heavy atom. The molecule has 2 N–H and O–H groups in total. The molecule has 1 aromatic heterocycles. The molecule has 0 saturated heterocycles. The molecule has 0 fully saturated rings. The van der Waals surface area contributed by atoms with Crippen molar-refractivity contribution in [3.05, 3.63) is 44.5 Å². The fourth-order valence-corrected chi connectivity index (χ4v) is 1.79. The first-order chi connectivity index (χ1) is 8.49. The zero-order chi connectivity index (χ0) is 13.3. The van der Waals surface area contributed by atoms with Gasteiger partial charge < -0.3 is 5.11 Å². The highest BCUT2D eigenvalue weighted by Gasteiger charge is 2.19. The molecule has 7 nitrogen and oxygen atoms in total. The monoisotopic (exact) mass is 311 g/mol. The van der Waals surface area contributed by atoms with Crippen LogP contribution < -0.4 is 0 Å². The predicted molar refractivity (Wildman–Crippen MR) is 65.3 cm³/mol. The van der Waals surface area contributed by atoms with Gasteiger partial charge in [0.15, 0.2) is 0 Å². The van der Waals surface area contributed by atoms with Gasteiger partial charge in [-0.1, -0.05) is 15.9 Å². The maximum atomic E-state index is 10.9. The molecule has 1 aromatic carbocycles. The molecule has 2 rings (SSSR count). The summed E-state index contributed by atoms with van der Waals surface area (Å²) >= 11 is 3.14. The summed E-state index contributed by atoms with van der Waals surface area (Å²) in [6.45, 7) is 0. The Labute approximate surface area is 109 Å². The largest absolute Gasteiger partial charge is 0.477 e. The SMILES string of the molecule is O=C(O)c1cc(-c2ccc(Br)cc2[N+](=O)[O-])n[nH]1. The average Bonchev–Trinajstić information content (AvgIpc) is 2.78. The van der Waals surface area contributed by atoms with Crippen LogP contribution >= 0.6 is 15.9 Å². The van der Waals surface area contributed by atoms with E-state index >= 15 is 0 Å². The van der Waals surface area contributed by atoms with E-state index in [0.29, 0.717) is 4.47 Å². The number of H-pyrrole nitrogens is 1. The fraction of sp³-hybridized carbons (Fsp3) is 0. The zero-order valence-corrected chi connectivity index (χ0v) is 10.3. The molecule has 0 bridgehead atoms. The first-order valence-electron chi connectivity index (χ1n) is 4.72. The number of benzene rings is 1. The third kappa shape index (κ3) is 2.23. The number of rotatable bonds is 3. The molecule has 92 valence electrons. The third-order valence-corrected chi connectivity index (χ3v) is 2.73. The summed E-state index contributed by atoms with van der Waals surface area (Å²) in [4.78, 5) is 21.1. The van der Waals surface area contributed by atoms with Gasteiger partial charge in [0.2, 0.25) is 0 Å². The van der Waals surface area contributed by atoms with E-state index in [1.807, 2.05) is 0 Å². The van der Waals surface area contributed by atoms with E-state index in [1.165, 1.54) is 18.2 Å². The molecule has 0 aliphatic heterocycles. The molecule has 0 amide bonds. The molecule has 0 saturated carbocycles. The number of nitrogens with zero attached hydrogens (tertiary/aromatic N) is 2. The first-order valence-corrected chi connectivity index (χ1v) is 5.51. The molecule has 2 aromatic rings. The number of halogens is 1. The maximum absolute atomic E-state index is 10.9. The second kappa shape index (κ2) is 4.57. The maximum Gasteiger partial charge on any atom is 0.353 e. The van der Waals surface area contributed by atoms with Crippen LogP contribution in [-0.2, 0) is 0 Å². The number of carboxylic acid groups (broad SMARTS) is 1. The topological polar surface area (TPSA) is 109 Å². The fourth-order valence-electron chi connectivity index (χ4n) is 1.44. The minimum Gasteiger partial charge on any atom is -0.477 e. The van der Waals surface area contributed by atoms with Gasteiger partial charge >= 0.3 is 5.97 Å². The van der Waals surface area contributed by atoms with Gasteiger partial charge in [0.25, 0.3) is 5.69 Å². The Hall–Kier alpha value is -2.22. The van der Waals surface area contributed by atoms with E-state index < -0.39 is 10.9 Å². The number of nitro benzene ring substituents is 1. The van der Waals surface area contributed by atoms with E-state index in [-0.39, 0.29) is 22.6 Å². The van der Waals surface area contributed by atoms with Gasteiger partial charge in [0.1, 0.15) is 5.69 Å². The number of hydrogen-bond donors (Lipinski definition) is 2.